The molecule has 47 heavy (non-hydrogen) atoms. The van der Waals surface area contributed by atoms with Crippen LogP contribution in [0.4, 0.5) is 5.69 Å². The van der Waals surface area contributed by atoms with Crippen LogP contribution in [-0.2, 0) is 20.9 Å². The van der Waals surface area contributed by atoms with Gasteiger partial charge in [-0.25, -0.2) is 0 Å². The number of nitrogens with one attached hydrogen (secondary N) is 3. The van der Waals surface area contributed by atoms with Gasteiger partial charge in [-0.3, -0.25) is 24.0 Å². The van der Waals surface area contributed by atoms with Gasteiger partial charge in [-0.2, -0.15) is 0 Å². The standard InChI is InChI=1S/C36H43N5O6/c1-21-26-9-4-6-12-29(26)47-33(21)35(45)37-27(10-5-7-13-31(43)40(2)3)34(44)38-28-11-8-14-41(36(28)46)20-30(42)39-32-24-16-22-15-23(18-24)19-25(32)17-22/h4,6-9,11-14,22-25,27,32H,5,10,15-20H2,1-3H3,(H,37,45)(H,38,44)(H,39,42)/b13-7+/t22?,23?,24?,25?,27-,32?/m0/s1. The van der Waals surface area contributed by atoms with Crippen molar-refractivity contribution >= 4 is 40.3 Å². The van der Waals surface area contributed by atoms with Gasteiger partial charge in [-0.05, 0) is 99.8 Å². The van der Waals surface area contributed by atoms with Crippen LogP contribution in [0.5, 0.6) is 0 Å². The van der Waals surface area contributed by atoms with E-state index in [-0.39, 0.29) is 42.3 Å². The molecule has 0 radical (unpaired) electrons. The molecule has 4 saturated carbocycles. The Labute approximate surface area is 273 Å². The number of furan rings is 1. The van der Waals surface area contributed by atoms with Crippen LogP contribution in [0.2, 0.25) is 0 Å². The highest BCUT2D eigenvalue weighted by atomic mass is 16.3. The Kier molecular flexibility index (Phi) is 9.33. The largest absolute Gasteiger partial charge is 0.451 e. The van der Waals surface area contributed by atoms with Gasteiger partial charge in [0, 0.05) is 37.3 Å². The third-order valence-corrected chi connectivity index (χ3v) is 10.1. The number of para-hydroxylation sites is 1. The van der Waals surface area contributed by atoms with Crippen molar-refractivity contribution in [3.05, 3.63) is 76.4 Å². The van der Waals surface area contributed by atoms with Crippen LogP contribution in [0.25, 0.3) is 11.0 Å². The van der Waals surface area contributed by atoms with E-state index in [1.807, 2.05) is 18.2 Å². The number of fused-ring (bicyclic) bond motifs is 1. The molecule has 4 bridgehead atoms. The van der Waals surface area contributed by atoms with Crippen molar-refractivity contribution in [3.63, 3.8) is 0 Å². The van der Waals surface area contributed by atoms with E-state index >= 15 is 0 Å². The molecule has 2 heterocycles. The molecule has 0 unspecified atom stereocenters. The maximum atomic E-state index is 13.6. The van der Waals surface area contributed by atoms with E-state index in [0.717, 1.165) is 17.2 Å². The van der Waals surface area contributed by atoms with E-state index in [0.29, 0.717) is 29.4 Å². The van der Waals surface area contributed by atoms with Gasteiger partial charge >= 0.3 is 0 Å². The van der Waals surface area contributed by atoms with Crippen molar-refractivity contribution in [2.24, 2.45) is 23.7 Å². The van der Waals surface area contributed by atoms with Crippen molar-refractivity contribution in [1.82, 2.24) is 20.1 Å². The summed E-state index contributed by atoms with van der Waals surface area (Å²) in [6.07, 6.45) is 11.1. The predicted octanol–water partition coefficient (Wildman–Crippen LogP) is 4.01. The van der Waals surface area contributed by atoms with E-state index in [2.05, 4.69) is 16.0 Å². The molecular formula is C36H43N5O6. The minimum Gasteiger partial charge on any atom is -0.451 e. The number of amides is 4. The zero-order valence-electron chi connectivity index (χ0n) is 27.2. The second-order valence-electron chi connectivity index (χ2n) is 13.7. The average Bonchev–Trinajstić information content (AvgIpc) is 3.38. The van der Waals surface area contributed by atoms with Gasteiger partial charge in [0.15, 0.2) is 5.76 Å². The predicted molar refractivity (Wildman–Crippen MR) is 178 cm³/mol. The molecule has 3 N–H and O–H groups in total. The van der Waals surface area contributed by atoms with Crippen molar-refractivity contribution in [1.29, 1.82) is 0 Å². The molecule has 1 atom stereocenters. The number of hydrogen-bond acceptors (Lipinski definition) is 6. The molecule has 0 aliphatic heterocycles. The average molecular weight is 642 g/mol. The summed E-state index contributed by atoms with van der Waals surface area (Å²) in [5.41, 5.74) is 0.679. The van der Waals surface area contributed by atoms with E-state index < -0.39 is 23.4 Å². The second kappa shape index (κ2) is 13.6. The molecule has 4 aliphatic carbocycles. The topological polar surface area (TPSA) is 143 Å². The molecule has 0 saturated heterocycles. The summed E-state index contributed by atoms with van der Waals surface area (Å²) in [6.45, 7) is 1.62. The van der Waals surface area contributed by atoms with Crippen LogP contribution in [0.3, 0.4) is 0 Å². The summed E-state index contributed by atoms with van der Waals surface area (Å²) in [7, 11) is 3.27. The lowest BCUT2D eigenvalue weighted by molar-refractivity contribution is -0.126. The number of carbonyl (C=O) groups excluding carboxylic acids is 4. The summed E-state index contributed by atoms with van der Waals surface area (Å²) in [5.74, 6) is 1.13. The monoisotopic (exact) mass is 641 g/mol. The molecule has 7 rings (SSSR count). The molecule has 1 aromatic carbocycles. The Morgan fingerprint density at radius 2 is 1.70 bits per heavy atom. The SMILES string of the molecule is Cc1c(C(=O)N[C@@H](CC/C=C/C(=O)N(C)C)C(=O)Nc2cccn(CC(=O)NC3C4CC5CC(C4)CC3C5)c2=O)oc2ccccc12. The van der Waals surface area contributed by atoms with Crippen LogP contribution in [0.1, 0.15) is 61.1 Å². The normalized spacial score (nSPS) is 23.5. The second-order valence-corrected chi connectivity index (χ2v) is 13.7. The quantitative estimate of drug-likeness (QED) is 0.270. The van der Waals surface area contributed by atoms with Gasteiger partial charge in [-0.15, -0.1) is 0 Å². The molecule has 4 aliphatic rings. The third kappa shape index (κ3) is 7.03. The van der Waals surface area contributed by atoms with Gasteiger partial charge in [0.25, 0.3) is 11.5 Å². The van der Waals surface area contributed by atoms with Crippen LogP contribution < -0.4 is 21.5 Å². The number of likely N-dealkylation sites (N-methyl/N-ethyl adjacent to an activating group) is 1. The van der Waals surface area contributed by atoms with Crippen molar-refractivity contribution in [2.45, 2.75) is 70.5 Å². The maximum absolute atomic E-state index is 13.6. The minimum absolute atomic E-state index is 0.00239. The van der Waals surface area contributed by atoms with E-state index in [1.165, 1.54) is 59.9 Å². The zero-order chi connectivity index (χ0) is 33.2. The number of nitrogens with zero attached hydrogens (tertiary/aromatic N) is 2. The summed E-state index contributed by atoms with van der Waals surface area (Å²) < 4.78 is 7.09. The Balaban J connectivity index is 1.14. The number of aryl methyl sites for hydroxylation is 1. The fourth-order valence-corrected chi connectivity index (χ4v) is 8.00. The van der Waals surface area contributed by atoms with Crippen molar-refractivity contribution < 1.29 is 23.6 Å². The molecule has 4 fully saturated rings. The molecular weight excluding hydrogens is 598 g/mol. The number of anilines is 1. The highest BCUT2D eigenvalue weighted by Crippen LogP contribution is 2.53. The molecule has 0 spiro atoms. The first kappa shape index (κ1) is 32.3. The van der Waals surface area contributed by atoms with Crippen molar-refractivity contribution in [3.8, 4) is 0 Å². The summed E-state index contributed by atoms with van der Waals surface area (Å²) >= 11 is 0. The zero-order valence-corrected chi connectivity index (χ0v) is 27.2. The maximum Gasteiger partial charge on any atom is 0.287 e. The minimum atomic E-state index is -1.05. The van der Waals surface area contributed by atoms with Gasteiger partial charge in [0.2, 0.25) is 17.7 Å². The first-order chi connectivity index (χ1) is 22.6. The molecule has 2 aromatic heterocycles. The van der Waals surface area contributed by atoms with Crippen molar-refractivity contribution in [2.75, 3.05) is 19.4 Å². The first-order valence-electron chi connectivity index (χ1n) is 16.5. The van der Waals surface area contributed by atoms with Crippen LogP contribution >= 0.6 is 0 Å². The summed E-state index contributed by atoms with van der Waals surface area (Å²) in [4.78, 5) is 66.9. The number of hydrogen-bond donors (Lipinski definition) is 3. The fourth-order valence-electron chi connectivity index (χ4n) is 8.00. The summed E-state index contributed by atoms with van der Waals surface area (Å²) in [5, 5.41) is 9.45. The van der Waals surface area contributed by atoms with Crippen LogP contribution in [0.15, 0.2) is 64.0 Å². The molecule has 3 aromatic rings. The Bertz CT molecular complexity index is 1740. The molecule has 11 nitrogen and oxygen atoms in total. The number of benzene rings is 1. The third-order valence-electron chi connectivity index (χ3n) is 10.1. The smallest absolute Gasteiger partial charge is 0.287 e. The first-order valence-corrected chi connectivity index (χ1v) is 16.5. The lowest BCUT2D eigenvalue weighted by atomic mass is 9.54. The Hall–Kier alpha value is -4.67. The van der Waals surface area contributed by atoms with Gasteiger partial charge < -0.3 is 29.8 Å². The van der Waals surface area contributed by atoms with Gasteiger partial charge in [0.1, 0.15) is 23.9 Å². The Morgan fingerprint density at radius 3 is 2.38 bits per heavy atom. The van der Waals surface area contributed by atoms with Crippen LogP contribution in [0, 0.1) is 30.6 Å². The summed E-state index contributed by atoms with van der Waals surface area (Å²) in [6, 6.07) is 9.47. The molecule has 4 amide bonds. The van der Waals surface area contributed by atoms with Crippen LogP contribution in [-0.4, -0.2) is 59.3 Å². The van der Waals surface area contributed by atoms with E-state index in [1.54, 1.807) is 39.2 Å². The number of rotatable bonds is 11. The number of pyridine rings is 1. The van der Waals surface area contributed by atoms with E-state index in [4.69, 9.17) is 4.42 Å². The highest BCUT2D eigenvalue weighted by molar-refractivity contribution is 6.03. The molecule has 248 valence electrons. The lowest BCUT2D eigenvalue weighted by Gasteiger charge is -2.54. The van der Waals surface area contributed by atoms with Gasteiger partial charge in [0.05, 0.1) is 0 Å². The number of aromatic nitrogens is 1. The fraction of sp³-hybridized carbons (Fsp3) is 0.472. The Morgan fingerprint density at radius 1 is 1.00 bits per heavy atom. The molecule has 11 heteroatoms. The number of allylic oxidation sites excluding steroid dienone is 1. The lowest BCUT2D eigenvalue weighted by Crippen LogP contribution is -2.56. The number of carbonyl (C=O) groups is 4. The van der Waals surface area contributed by atoms with E-state index in [9.17, 15) is 24.0 Å². The highest BCUT2D eigenvalue weighted by Gasteiger charge is 2.48. The van der Waals surface area contributed by atoms with Gasteiger partial charge in [-0.1, -0.05) is 24.3 Å².